The summed E-state index contributed by atoms with van der Waals surface area (Å²) in [5.41, 5.74) is 6.04. The van der Waals surface area contributed by atoms with Crippen molar-refractivity contribution in [1.82, 2.24) is 15.3 Å². The number of ether oxygens (including phenoxy) is 1. The maximum absolute atomic E-state index is 11.8. The minimum atomic E-state index is -0.444. The molecule has 2 heterocycles. The Kier molecular flexibility index (Phi) is 4.23. The molecule has 3 N–H and O–H groups in total. The van der Waals surface area contributed by atoms with E-state index in [0.717, 1.165) is 0 Å². The van der Waals surface area contributed by atoms with Crippen molar-refractivity contribution in [1.29, 1.82) is 0 Å². The van der Waals surface area contributed by atoms with Crippen molar-refractivity contribution in [3.63, 3.8) is 0 Å². The van der Waals surface area contributed by atoms with Crippen LogP contribution in [0.1, 0.15) is 5.69 Å². The average molecular weight is 281 g/mol. The summed E-state index contributed by atoms with van der Waals surface area (Å²) in [5.74, 6) is 0.297. The number of thiocarbonyl (C=S) groups is 1. The van der Waals surface area contributed by atoms with E-state index in [0.29, 0.717) is 31.4 Å². The summed E-state index contributed by atoms with van der Waals surface area (Å²) >= 11 is 4.89. The number of rotatable bonds is 3. The monoisotopic (exact) mass is 281 g/mol. The molecule has 1 aliphatic heterocycles. The largest absolute Gasteiger partial charge is 0.388 e. The number of morpholine rings is 1. The third kappa shape index (κ3) is 2.96. The van der Waals surface area contributed by atoms with Crippen molar-refractivity contribution in [2.24, 2.45) is 5.73 Å². The molecule has 0 aliphatic carbocycles. The standard InChI is InChI=1S/C11H15N5O2S/c1-13-10(17)8-6-18-5-4-16(8)11-14-3-2-7(15-11)9(12)19/h2-3,8H,4-6H2,1H3,(H2,12,19)(H,13,17). The zero-order valence-corrected chi connectivity index (χ0v) is 11.3. The highest BCUT2D eigenvalue weighted by Crippen LogP contribution is 2.15. The smallest absolute Gasteiger partial charge is 0.244 e. The van der Waals surface area contributed by atoms with Gasteiger partial charge in [-0.05, 0) is 6.07 Å². The molecule has 1 saturated heterocycles. The molecular weight excluding hydrogens is 266 g/mol. The molecule has 0 spiro atoms. The van der Waals surface area contributed by atoms with E-state index in [9.17, 15) is 4.79 Å². The normalized spacial score (nSPS) is 19.0. The lowest BCUT2D eigenvalue weighted by atomic mass is 10.2. The molecule has 0 saturated carbocycles. The lowest BCUT2D eigenvalue weighted by molar-refractivity contribution is -0.124. The van der Waals surface area contributed by atoms with Gasteiger partial charge in [0.1, 0.15) is 16.7 Å². The average Bonchev–Trinajstić information content (AvgIpc) is 2.46. The Morgan fingerprint density at radius 1 is 1.68 bits per heavy atom. The summed E-state index contributed by atoms with van der Waals surface area (Å²) in [6.07, 6.45) is 1.58. The maximum Gasteiger partial charge on any atom is 0.244 e. The Morgan fingerprint density at radius 2 is 2.47 bits per heavy atom. The molecule has 1 aliphatic rings. The molecule has 1 unspecified atom stereocenters. The zero-order chi connectivity index (χ0) is 13.8. The molecule has 0 aromatic carbocycles. The van der Waals surface area contributed by atoms with E-state index >= 15 is 0 Å². The third-order valence-corrected chi connectivity index (χ3v) is 3.04. The van der Waals surface area contributed by atoms with E-state index in [4.69, 9.17) is 22.7 Å². The molecule has 7 nitrogen and oxygen atoms in total. The second-order valence-electron chi connectivity index (χ2n) is 4.00. The molecule has 2 rings (SSSR count). The van der Waals surface area contributed by atoms with Gasteiger partial charge in [-0.3, -0.25) is 4.79 Å². The van der Waals surface area contributed by atoms with E-state index in [-0.39, 0.29) is 10.9 Å². The molecule has 0 radical (unpaired) electrons. The Labute approximate surface area is 116 Å². The van der Waals surface area contributed by atoms with Crippen molar-refractivity contribution in [2.75, 3.05) is 31.7 Å². The molecular formula is C11H15N5O2S. The van der Waals surface area contributed by atoms with Gasteiger partial charge in [0, 0.05) is 19.8 Å². The number of carbonyl (C=O) groups excluding carboxylic acids is 1. The Morgan fingerprint density at radius 3 is 3.16 bits per heavy atom. The lowest BCUT2D eigenvalue weighted by Gasteiger charge is -2.34. The fourth-order valence-corrected chi connectivity index (χ4v) is 1.96. The van der Waals surface area contributed by atoms with Crippen molar-refractivity contribution in [3.8, 4) is 0 Å². The number of anilines is 1. The third-order valence-electron chi connectivity index (χ3n) is 2.83. The topological polar surface area (TPSA) is 93.4 Å². The highest BCUT2D eigenvalue weighted by atomic mass is 32.1. The van der Waals surface area contributed by atoms with Gasteiger partial charge in [0.25, 0.3) is 0 Å². The Bertz CT molecular complexity index is 496. The first-order valence-corrected chi connectivity index (χ1v) is 6.23. The number of amides is 1. The first kappa shape index (κ1) is 13.6. The Hall–Kier alpha value is -1.80. The minimum Gasteiger partial charge on any atom is -0.388 e. The van der Waals surface area contributed by atoms with E-state index in [2.05, 4.69) is 15.3 Å². The molecule has 8 heteroatoms. The second kappa shape index (κ2) is 5.89. The van der Waals surface area contributed by atoms with Crippen LogP contribution in [-0.2, 0) is 9.53 Å². The molecule has 102 valence electrons. The van der Waals surface area contributed by atoms with Crippen LogP contribution in [0.2, 0.25) is 0 Å². The lowest BCUT2D eigenvalue weighted by Crippen LogP contribution is -2.54. The van der Waals surface area contributed by atoms with Crippen LogP contribution in [0.5, 0.6) is 0 Å². The number of nitrogens with two attached hydrogens (primary N) is 1. The molecule has 19 heavy (non-hydrogen) atoms. The minimum absolute atomic E-state index is 0.135. The van der Waals surface area contributed by atoms with Gasteiger partial charge >= 0.3 is 0 Å². The Balaban J connectivity index is 2.29. The number of aromatic nitrogens is 2. The van der Waals surface area contributed by atoms with Gasteiger partial charge in [-0.25, -0.2) is 9.97 Å². The van der Waals surface area contributed by atoms with Crippen LogP contribution >= 0.6 is 12.2 Å². The number of hydrogen-bond acceptors (Lipinski definition) is 6. The number of carbonyl (C=O) groups is 1. The van der Waals surface area contributed by atoms with E-state index in [1.807, 2.05) is 0 Å². The van der Waals surface area contributed by atoms with Crippen molar-refractivity contribution in [2.45, 2.75) is 6.04 Å². The van der Waals surface area contributed by atoms with Gasteiger partial charge in [-0.1, -0.05) is 12.2 Å². The van der Waals surface area contributed by atoms with Crippen LogP contribution in [-0.4, -0.2) is 53.7 Å². The van der Waals surface area contributed by atoms with Gasteiger partial charge in [0.15, 0.2) is 0 Å². The van der Waals surface area contributed by atoms with Crippen LogP contribution in [0.25, 0.3) is 0 Å². The highest BCUT2D eigenvalue weighted by molar-refractivity contribution is 7.80. The van der Waals surface area contributed by atoms with Gasteiger partial charge in [-0.15, -0.1) is 0 Å². The molecule has 1 amide bonds. The first-order valence-electron chi connectivity index (χ1n) is 5.82. The van der Waals surface area contributed by atoms with Gasteiger partial charge in [-0.2, -0.15) is 0 Å². The summed E-state index contributed by atoms with van der Waals surface area (Å²) in [4.78, 5) is 22.3. The van der Waals surface area contributed by atoms with E-state index in [1.165, 1.54) is 0 Å². The van der Waals surface area contributed by atoms with Crippen LogP contribution in [0.4, 0.5) is 5.95 Å². The highest BCUT2D eigenvalue weighted by Gasteiger charge is 2.30. The fourth-order valence-electron chi connectivity index (χ4n) is 1.85. The van der Waals surface area contributed by atoms with E-state index < -0.39 is 6.04 Å². The summed E-state index contributed by atoms with van der Waals surface area (Å²) in [6, 6.07) is 1.20. The van der Waals surface area contributed by atoms with E-state index in [1.54, 1.807) is 24.2 Å². The van der Waals surface area contributed by atoms with Crippen molar-refractivity contribution >= 4 is 29.1 Å². The maximum atomic E-state index is 11.8. The predicted octanol–water partition coefficient (Wildman–Crippen LogP) is -0.938. The summed E-state index contributed by atoms with van der Waals surface area (Å²) in [6.45, 7) is 1.37. The molecule has 1 atom stereocenters. The number of hydrogen-bond donors (Lipinski definition) is 2. The summed E-state index contributed by atoms with van der Waals surface area (Å²) < 4.78 is 5.33. The molecule has 1 aromatic heterocycles. The fraction of sp³-hybridized carbons (Fsp3) is 0.455. The first-order chi connectivity index (χ1) is 9.13. The van der Waals surface area contributed by atoms with Crippen LogP contribution in [0, 0.1) is 0 Å². The summed E-state index contributed by atoms with van der Waals surface area (Å²) in [5, 5.41) is 2.61. The van der Waals surface area contributed by atoms with Gasteiger partial charge in [0.2, 0.25) is 11.9 Å². The molecule has 1 aromatic rings. The molecule has 1 fully saturated rings. The second-order valence-corrected chi connectivity index (χ2v) is 4.44. The van der Waals surface area contributed by atoms with Crippen LogP contribution in [0.15, 0.2) is 12.3 Å². The molecule has 0 bridgehead atoms. The summed E-state index contributed by atoms with van der Waals surface area (Å²) in [7, 11) is 1.58. The zero-order valence-electron chi connectivity index (χ0n) is 10.5. The van der Waals surface area contributed by atoms with Crippen LogP contribution in [0.3, 0.4) is 0 Å². The van der Waals surface area contributed by atoms with Crippen LogP contribution < -0.4 is 16.0 Å². The van der Waals surface area contributed by atoms with Gasteiger partial charge in [0.05, 0.1) is 13.2 Å². The number of likely N-dealkylation sites (N-methyl/N-ethyl adjacent to an activating group) is 1. The number of nitrogens with one attached hydrogen (secondary N) is 1. The number of nitrogens with zero attached hydrogens (tertiary/aromatic N) is 3. The van der Waals surface area contributed by atoms with Gasteiger partial charge < -0.3 is 20.7 Å². The SMILES string of the molecule is CNC(=O)C1COCCN1c1nccc(C(N)=S)n1. The van der Waals surface area contributed by atoms with Crippen molar-refractivity contribution < 1.29 is 9.53 Å². The quantitative estimate of drug-likeness (QED) is 0.691. The predicted molar refractivity (Wildman–Crippen MR) is 73.9 cm³/mol. The van der Waals surface area contributed by atoms with Crippen molar-refractivity contribution in [3.05, 3.63) is 18.0 Å².